The maximum atomic E-state index is 10.1. The highest BCUT2D eigenvalue weighted by molar-refractivity contribution is 5.17. The lowest BCUT2D eigenvalue weighted by molar-refractivity contribution is -0.909. The average Bonchev–Trinajstić information content (AvgIpc) is 2.30. The molecule has 0 saturated carbocycles. The minimum atomic E-state index is -0.351. The van der Waals surface area contributed by atoms with Crippen molar-refractivity contribution in [2.45, 2.75) is 20.0 Å². The Hall–Kier alpha value is -0.860. The molecule has 1 aromatic rings. The van der Waals surface area contributed by atoms with Gasteiger partial charge in [0.15, 0.2) is 0 Å². The fourth-order valence-corrected chi connectivity index (χ4v) is 1.68. The minimum Gasteiger partial charge on any atom is -0.382 e. The highest BCUT2D eigenvalue weighted by Gasteiger charge is 2.22. The molecule has 0 aromatic heterocycles. The van der Waals surface area contributed by atoms with E-state index in [1.54, 1.807) is 0 Å². The van der Waals surface area contributed by atoms with Crippen molar-refractivity contribution >= 4 is 0 Å². The predicted octanol–water partition coefficient (Wildman–Crippen LogP) is 2.21. The lowest BCUT2D eigenvalue weighted by Crippen LogP contribution is -2.46. The number of rotatable bonds is 5. The molecule has 0 unspecified atom stereocenters. The van der Waals surface area contributed by atoms with E-state index in [2.05, 4.69) is 20.9 Å². The fraction of sp³-hybridized carbons (Fsp3) is 0.538. The van der Waals surface area contributed by atoms with Crippen LogP contribution in [0.2, 0.25) is 0 Å². The second kappa shape index (κ2) is 5.29. The van der Waals surface area contributed by atoms with E-state index in [4.69, 9.17) is 0 Å². The number of hydrogen-bond donors (Lipinski definition) is 1. The van der Waals surface area contributed by atoms with Gasteiger partial charge >= 0.3 is 0 Å². The van der Waals surface area contributed by atoms with Crippen LogP contribution in [0.1, 0.15) is 25.5 Å². The van der Waals surface area contributed by atoms with Gasteiger partial charge in [-0.2, -0.15) is 0 Å². The normalized spacial score (nSPS) is 13.9. The number of hydrogen-bond acceptors (Lipinski definition) is 1. The lowest BCUT2D eigenvalue weighted by Gasteiger charge is -2.34. The molecule has 15 heavy (non-hydrogen) atoms. The summed E-state index contributed by atoms with van der Waals surface area (Å²) in [5.41, 5.74) is 1.02. The average molecular weight is 208 g/mol. The van der Waals surface area contributed by atoms with Crippen molar-refractivity contribution in [1.29, 1.82) is 0 Å². The molecule has 2 nitrogen and oxygen atoms in total. The van der Waals surface area contributed by atoms with Crippen LogP contribution >= 0.6 is 0 Å². The van der Waals surface area contributed by atoms with Gasteiger partial charge in [0.25, 0.3) is 0 Å². The number of aliphatic hydroxyl groups excluding tert-OH is 1. The smallest absolute Gasteiger partial charge is 0.128 e. The molecule has 0 heterocycles. The van der Waals surface area contributed by atoms with Crippen molar-refractivity contribution in [3.05, 3.63) is 35.9 Å². The first-order valence-corrected chi connectivity index (χ1v) is 5.68. The second-order valence-corrected chi connectivity index (χ2v) is 4.36. The van der Waals surface area contributed by atoms with Crippen molar-refractivity contribution in [2.24, 2.45) is 0 Å². The lowest BCUT2D eigenvalue weighted by atomic mass is 10.1. The third kappa shape index (κ3) is 3.33. The minimum absolute atomic E-state index is 0.351. The summed E-state index contributed by atoms with van der Waals surface area (Å²) < 4.78 is 0.913. The zero-order valence-corrected chi connectivity index (χ0v) is 9.98. The molecule has 0 aliphatic rings. The number of quaternary nitrogens is 1. The van der Waals surface area contributed by atoms with E-state index >= 15 is 0 Å². The standard InChI is InChI=1S/C13H22NO/c1-4-14(3,5-2)11-13(15)12-9-7-6-8-10-12/h6-10,13,15H,4-5,11H2,1-3H3/q+1/t13-/m0/s1. The number of benzene rings is 1. The van der Waals surface area contributed by atoms with Crippen LogP contribution in [0, 0.1) is 0 Å². The first-order valence-electron chi connectivity index (χ1n) is 5.68. The molecule has 0 aliphatic carbocycles. The SMILES string of the molecule is CC[N+](C)(CC)C[C@H](O)c1ccccc1. The fourth-order valence-electron chi connectivity index (χ4n) is 1.68. The van der Waals surface area contributed by atoms with Crippen LogP contribution in [0.3, 0.4) is 0 Å². The quantitative estimate of drug-likeness (QED) is 0.736. The summed E-state index contributed by atoms with van der Waals surface area (Å²) in [6.45, 7) is 7.24. The van der Waals surface area contributed by atoms with E-state index in [1.807, 2.05) is 30.3 Å². The van der Waals surface area contributed by atoms with Crippen LogP contribution in [-0.2, 0) is 0 Å². The molecule has 1 rings (SSSR count). The molecule has 0 radical (unpaired) electrons. The molecule has 0 fully saturated rings. The summed E-state index contributed by atoms with van der Waals surface area (Å²) in [7, 11) is 2.19. The zero-order valence-electron chi connectivity index (χ0n) is 9.98. The van der Waals surface area contributed by atoms with Gasteiger partial charge in [-0.15, -0.1) is 0 Å². The van der Waals surface area contributed by atoms with Gasteiger partial charge < -0.3 is 9.59 Å². The summed E-state index contributed by atoms with van der Waals surface area (Å²) in [6, 6.07) is 9.89. The number of aliphatic hydroxyl groups is 1. The molecule has 84 valence electrons. The Morgan fingerprint density at radius 3 is 2.13 bits per heavy atom. The highest BCUT2D eigenvalue weighted by atomic mass is 16.3. The van der Waals surface area contributed by atoms with E-state index in [-0.39, 0.29) is 6.10 Å². The summed E-state index contributed by atoms with van der Waals surface area (Å²) >= 11 is 0. The van der Waals surface area contributed by atoms with Gasteiger partial charge in [0, 0.05) is 0 Å². The molecule has 1 aromatic carbocycles. The van der Waals surface area contributed by atoms with Crippen LogP contribution in [0.4, 0.5) is 0 Å². The van der Waals surface area contributed by atoms with Crippen molar-refractivity contribution < 1.29 is 9.59 Å². The van der Waals surface area contributed by atoms with Crippen LogP contribution in [0.15, 0.2) is 30.3 Å². The molecule has 0 spiro atoms. The summed E-state index contributed by atoms with van der Waals surface area (Å²) in [4.78, 5) is 0. The van der Waals surface area contributed by atoms with Gasteiger partial charge in [-0.1, -0.05) is 30.3 Å². The number of likely N-dealkylation sites (N-methyl/N-ethyl adjacent to an activating group) is 1. The maximum absolute atomic E-state index is 10.1. The Labute approximate surface area is 92.8 Å². The zero-order chi connectivity index (χ0) is 11.3. The molecule has 0 amide bonds. The van der Waals surface area contributed by atoms with Gasteiger partial charge in [-0.3, -0.25) is 0 Å². The van der Waals surface area contributed by atoms with Gasteiger partial charge in [-0.05, 0) is 19.4 Å². The van der Waals surface area contributed by atoms with E-state index in [9.17, 15) is 5.11 Å². The van der Waals surface area contributed by atoms with E-state index in [1.165, 1.54) is 0 Å². The highest BCUT2D eigenvalue weighted by Crippen LogP contribution is 2.16. The predicted molar refractivity (Wildman–Crippen MR) is 63.5 cm³/mol. The summed E-state index contributed by atoms with van der Waals surface area (Å²) in [5, 5.41) is 10.1. The molecular formula is C13H22NO+. The number of nitrogens with zero attached hydrogens (tertiary/aromatic N) is 1. The third-order valence-corrected chi connectivity index (χ3v) is 3.32. The van der Waals surface area contributed by atoms with E-state index < -0.39 is 0 Å². The van der Waals surface area contributed by atoms with Crippen LogP contribution in [0.25, 0.3) is 0 Å². The Kier molecular flexibility index (Phi) is 4.30. The topological polar surface area (TPSA) is 20.2 Å². The monoisotopic (exact) mass is 208 g/mol. The Balaban J connectivity index is 2.67. The van der Waals surface area contributed by atoms with Crippen LogP contribution in [-0.4, -0.2) is 36.3 Å². The third-order valence-electron chi connectivity index (χ3n) is 3.32. The van der Waals surface area contributed by atoms with Gasteiger partial charge in [-0.25, -0.2) is 0 Å². The van der Waals surface area contributed by atoms with E-state index in [0.717, 1.165) is 29.7 Å². The van der Waals surface area contributed by atoms with Crippen molar-refractivity contribution in [3.63, 3.8) is 0 Å². The van der Waals surface area contributed by atoms with Crippen molar-refractivity contribution in [3.8, 4) is 0 Å². The first-order chi connectivity index (χ1) is 7.11. The van der Waals surface area contributed by atoms with Crippen molar-refractivity contribution in [1.82, 2.24) is 0 Å². The van der Waals surface area contributed by atoms with Crippen LogP contribution < -0.4 is 0 Å². The van der Waals surface area contributed by atoms with Crippen LogP contribution in [0.5, 0.6) is 0 Å². The molecule has 1 N–H and O–H groups in total. The molecule has 1 atom stereocenters. The summed E-state index contributed by atoms with van der Waals surface area (Å²) in [6.07, 6.45) is -0.351. The molecule has 0 bridgehead atoms. The van der Waals surface area contributed by atoms with Gasteiger partial charge in [0.1, 0.15) is 12.6 Å². The Bertz CT molecular complexity index is 280. The molecule has 0 saturated heterocycles. The van der Waals surface area contributed by atoms with Crippen molar-refractivity contribution in [2.75, 3.05) is 26.7 Å². The Morgan fingerprint density at radius 1 is 1.13 bits per heavy atom. The largest absolute Gasteiger partial charge is 0.382 e. The Morgan fingerprint density at radius 2 is 1.67 bits per heavy atom. The first kappa shape index (κ1) is 12.2. The molecule has 2 heteroatoms. The molecule has 0 aliphatic heterocycles. The second-order valence-electron chi connectivity index (χ2n) is 4.36. The molecular weight excluding hydrogens is 186 g/mol. The maximum Gasteiger partial charge on any atom is 0.128 e. The van der Waals surface area contributed by atoms with Gasteiger partial charge in [0.2, 0.25) is 0 Å². The van der Waals surface area contributed by atoms with Gasteiger partial charge in [0.05, 0.1) is 20.1 Å². The summed E-state index contributed by atoms with van der Waals surface area (Å²) in [5.74, 6) is 0. The van der Waals surface area contributed by atoms with E-state index in [0.29, 0.717) is 0 Å².